The molecular weight excluding hydrogens is 334 g/mol. The second-order valence-electron chi connectivity index (χ2n) is 2.36. The maximum atomic E-state index is 5.43. The molecule has 1 rings (SSSR count). The van der Waals surface area contributed by atoms with E-state index in [9.17, 15) is 0 Å². The zero-order chi connectivity index (χ0) is 10.6. The summed E-state index contributed by atoms with van der Waals surface area (Å²) in [5, 5.41) is 0. The van der Waals surface area contributed by atoms with Gasteiger partial charge in [0, 0.05) is 29.6 Å². The van der Waals surface area contributed by atoms with Gasteiger partial charge in [0.2, 0.25) is 0 Å². The molecule has 0 unspecified atom stereocenters. The number of rotatable bonds is 4. The molecule has 0 fully saturated rings. The molecule has 0 aliphatic carbocycles. The van der Waals surface area contributed by atoms with Crippen molar-refractivity contribution in [1.29, 1.82) is 0 Å². The van der Waals surface area contributed by atoms with E-state index in [1.54, 1.807) is 0 Å². The zero-order valence-corrected chi connectivity index (χ0v) is 11.6. The number of halogens is 1. The SMILES string of the molecule is COP(=S)(OC)Oc1ccc(I)cc1. The van der Waals surface area contributed by atoms with Gasteiger partial charge in [0.05, 0.1) is 0 Å². The summed E-state index contributed by atoms with van der Waals surface area (Å²) in [6.07, 6.45) is 0. The van der Waals surface area contributed by atoms with Crippen molar-refractivity contribution in [3.05, 3.63) is 27.8 Å². The lowest BCUT2D eigenvalue weighted by Gasteiger charge is -2.17. The molecule has 1 aromatic rings. The largest absolute Gasteiger partial charge is 0.424 e. The van der Waals surface area contributed by atoms with Crippen LogP contribution in [0.15, 0.2) is 24.3 Å². The Labute approximate surface area is 102 Å². The fourth-order valence-corrected chi connectivity index (χ4v) is 2.07. The lowest BCUT2D eigenvalue weighted by atomic mass is 10.3. The second kappa shape index (κ2) is 5.42. The van der Waals surface area contributed by atoms with Crippen molar-refractivity contribution in [2.75, 3.05) is 14.2 Å². The highest BCUT2D eigenvalue weighted by Gasteiger charge is 2.17. The highest BCUT2D eigenvalue weighted by molar-refractivity contribution is 14.1. The van der Waals surface area contributed by atoms with Gasteiger partial charge in [-0.15, -0.1) is 0 Å². The lowest BCUT2D eigenvalue weighted by Crippen LogP contribution is -1.96. The Morgan fingerprint density at radius 3 is 2.07 bits per heavy atom. The van der Waals surface area contributed by atoms with E-state index in [0.717, 1.165) is 3.57 Å². The minimum Gasteiger partial charge on any atom is -0.424 e. The van der Waals surface area contributed by atoms with Gasteiger partial charge in [0.15, 0.2) is 0 Å². The smallest absolute Gasteiger partial charge is 0.380 e. The van der Waals surface area contributed by atoms with Crippen molar-refractivity contribution in [3.8, 4) is 5.75 Å². The average Bonchev–Trinajstić information content (AvgIpc) is 2.21. The molecule has 0 radical (unpaired) electrons. The van der Waals surface area contributed by atoms with Gasteiger partial charge in [0.25, 0.3) is 0 Å². The van der Waals surface area contributed by atoms with Crippen LogP contribution in [0.25, 0.3) is 0 Å². The standard InChI is InChI=1S/C8H10IO3PS/c1-10-13(14,11-2)12-8-5-3-7(9)4-6-8/h3-6H,1-2H3. The maximum Gasteiger partial charge on any atom is 0.380 e. The minimum atomic E-state index is -2.59. The highest BCUT2D eigenvalue weighted by Crippen LogP contribution is 2.48. The predicted octanol–water partition coefficient (Wildman–Crippen LogP) is 3.19. The minimum absolute atomic E-state index is 0.664. The topological polar surface area (TPSA) is 27.7 Å². The van der Waals surface area contributed by atoms with E-state index in [2.05, 4.69) is 22.6 Å². The quantitative estimate of drug-likeness (QED) is 0.620. The fourth-order valence-electron chi connectivity index (χ4n) is 0.774. The summed E-state index contributed by atoms with van der Waals surface area (Å²) in [4.78, 5) is 0. The molecule has 0 saturated heterocycles. The first-order valence-electron chi connectivity index (χ1n) is 3.76. The van der Waals surface area contributed by atoms with Crippen LogP contribution in [-0.4, -0.2) is 14.2 Å². The fraction of sp³-hybridized carbons (Fsp3) is 0.250. The van der Waals surface area contributed by atoms with Crippen molar-refractivity contribution in [2.45, 2.75) is 0 Å². The summed E-state index contributed by atoms with van der Waals surface area (Å²) >= 11 is 7.28. The molecule has 0 aliphatic heterocycles. The van der Waals surface area contributed by atoms with Crippen LogP contribution in [0.2, 0.25) is 0 Å². The van der Waals surface area contributed by atoms with E-state index in [1.165, 1.54) is 14.2 Å². The molecule has 0 heterocycles. The predicted molar refractivity (Wildman–Crippen MR) is 68.1 cm³/mol. The van der Waals surface area contributed by atoms with E-state index in [4.69, 9.17) is 25.4 Å². The lowest BCUT2D eigenvalue weighted by molar-refractivity contribution is 0.273. The van der Waals surface area contributed by atoms with Gasteiger partial charge in [-0.2, -0.15) is 0 Å². The molecule has 0 saturated carbocycles. The summed E-state index contributed by atoms with van der Waals surface area (Å²) < 4.78 is 16.6. The Morgan fingerprint density at radius 2 is 1.64 bits per heavy atom. The van der Waals surface area contributed by atoms with Crippen LogP contribution in [0.3, 0.4) is 0 Å². The van der Waals surface area contributed by atoms with Gasteiger partial charge >= 0.3 is 6.72 Å². The van der Waals surface area contributed by atoms with Gasteiger partial charge in [-0.25, -0.2) is 0 Å². The van der Waals surface area contributed by atoms with Crippen LogP contribution in [0, 0.1) is 3.57 Å². The van der Waals surface area contributed by atoms with Gasteiger partial charge in [-0.05, 0) is 46.9 Å². The van der Waals surface area contributed by atoms with E-state index in [-0.39, 0.29) is 0 Å². The zero-order valence-electron chi connectivity index (χ0n) is 7.77. The maximum absolute atomic E-state index is 5.43. The summed E-state index contributed by atoms with van der Waals surface area (Å²) in [7, 11) is 2.97. The average molecular weight is 344 g/mol. The van der Waals surface area contributed by atoms with E-state index in [1.807, 2.05) is 24.3 Å². The van der Waals surface area contributed by atoms with Crippen molar-refractivity contribution < 1.29 is 13.6 Å². The van der Waals surface area contributed by atoms with Gasteiger partial charge in [0.1, 0.15) is 5.75 Å². The Morgan fingerprint density at radius 1 is 1.14 bits per heavy atom. The van der Waals surface area contributed by atoms with Crippen LogP contribution >= 0.6 is 29.3 Å². The number of benzene rings is 1. The molecule has 14 heavy (non-hydrogen) atoms. The molecule has 0 N–H and O–H groups in total. The molecule has 0 bridgehead atoms. The summed E-state index contributed by atoms with van der Waals surface area (Å²) in [6.45, 7) is -2.59. The summed E-state index contributed by atoms with van der Waals surface area (Å²) in [5.41, 5.74) is 0. The normalized spacial score (nSPS) is 11.4. The molecule has 0 atom stereocenters. The molecule has 0 spiro atoms. The van der Waals surface area contributed by atoms with Crippen LogP contribution < -0.4 is 4.52 Å². The molecule has 0 aromatic heterocycles. The van der Waals surface area contributed by atoms with E-state index in [0.29, 0.717) is 5.75 Å². The first-order chi connectivity index (χ1) is 6.59. The first kappa shape index (κ1) is 12.4. The molecule has 0 aliphatic rings. The van der Waals surface area contributed by atoms with Crippen molar-refractivity contribution in [3.63, 3.8) is 0 Å². The van der Waals surface area contributed by atoms with E-state index < -0.39 is 6.72 Å². The number of hydrogen-bond acceptors (Lipinski definition) is 4. The Kier molecular flexibility index (Phi) is 4.79. The highest BCUT2D eigenvalue weighted by atomic mass is 127. The summed E-state index contributed by atoms with van der Waals surface area (Å²) in [5.74, 6) is 0.664. The molecule has 0 amide bonds. The Balaban J connectivity index is 2.78. The van der Waals surface area contributed by atoms with Crippen molar-refractivity contribution in [1.82, 2.24) is 0 Å². The number of hydrogen-bond donors (Lipinski definition) is 0. The van der Waals surface area contributed by atoms with Crippen molar-refractivity contribution >= 4 is 41.1 Å². The third-order valence-electron chi connectivity index (χ3n) is 1.48. The molecule has 3 nitrogen and oxygen atoms in total. The Hall–Kier alpha value is 0.320. The third kappa shape index (κ3) is 3.47. The molecular formula is C8H10IO3PS. The Bertz CT molecular complexity index is 333. The first-order valence-corrected chi connectivity index (χ1v) is 7.40. The second-order valence-corrected chi connectivity index (χ2v) is 6.75. The molecule has 78 valence electrons. The van der Waals surface area contributed by atoms with Gasteiger partial charge in [-0.3, -0.25) is 0 Å². The van der Waals surface area contributed by atoms with Gasteiger partial charge in [-0.1, -0.05) is 0 Å². The van der Waals surface area contributed by atoms with Crippen molar-refractivity contribution in [2.24, 2.45) is 0 Å². The molecule has 6 heteroatoms. The third-order valence-corrected chi connectivity index (χ3v) is 4.64. The van der Waals surface area contributed by atoms with Crippen LogP contribution in [0.5, 0.6) is 5.75 Å². The van der Waals surface area contributed by atoms with Crippen LogP contribution in [0.4, 0.5) is 0 Å². The van der Waals surface area contributed by atoms with Gasteiger partial charge < -0.3 is 13.6 Å². The van der Waals surface area contributed by atoms with Crippen LogP contribution in [-0.2, 0) is 20.9 Å². The monoisotopic (exact) mass is 344 g/mol. The molecule has 1 aromatic carbocycles. The van der Waals surface area contributed by atoms with Crippen LogP contribution in [0.1, 0.15) is 0 Å². The van der Waals surface area contributed by atoms with E-state index >= 15 is 0 Å². The summed E-state index contributed by atoms with van der Waals surface area (Å²) in [6, 6.07) is 7.53.